The first-order valence-corrected chi connectivity index (χ1v) is 13.2. The Labute approximate surface area is 225 Å². The summed E-state index contributed by atoms with van der Waals surface area (Å²) >= 11 is 19.1. The van der Waals surface area contributed by atoms with E-state index < -0.39 is 35.2 Å². The highest BCUT2D eigenvalue weighted by Gasteiger charge is 2.40. The molecule has 0 saturated carbocycles. The van der Waals surface area contributed by atoms with Crippen molar-refractivity contribution in [3.05, 3.63) is 73.7 Å². The number of halogens is 9. The van der Waals surface area contributed by atoms with Crippen molar-refractivity contribution in [1.29, 1.82) is 0 Å². The molecule has 0 aromatic heterocycles. The number of hydrogen-bond acceptors (Lipinski definition) is 2. The lowest BCUT2D eigenvalue weighted by molar-refractivity contribution is -0.139. The van der Waals surface area contributed by atoms with Crippen molar-refractivity contribution in [2.45, 2.75) is 45.0 Å². The van der Waals surface area contributed by atoms with E-state index in [0.717, 1.165) is 36.4 Å². The van der Waals surface area contributed by atoms with Crippen LogP contribution in [0.4, 0.5) is 26.3 Å². The number of thioether (sulfide) groups is 1. The van der Waals surface area contributed by atoms with Crippen LogP contribution >= 0.6 is 46.6 Å². The minimum absolute atomic E-state index is 0.0663. The number of carbonyl (C=O) groups is 1. The van der Waals surface area contributed by atoms with Gasteiger partial charge in [0.05, 0.1) is 26.5 Å². The molecule has 0 spiro atoms. The highest BCUT2D eigenvalue weighted by Crippen LogP contribution is 2.41. The van der Waals surface area contributed by atoms with Crippen LogP contribution in [0.1, 0.15) is 59.7 Å². The fourth-order valence-corrected chi connectivity index (χ4v) is 5.02. The molecular formula is C25H23Cl3F6OS. The molecule has 2 aromatic rings. The van der Waals surface area contributed by atoms with Gasteiger partial charge in [-0.25, -0.2) is 0 Å². The van der Waals surface area contributed by atoms with Crippen LogP contribution in [0.25, 0.3) is 6.08 Å². The second-order valence-electron chi connectivity index (χ2n) is 8.29. The van der Waals surface area contributed by atoms with Gasteiger partial charge in [-0.3, -0.25) is 4.79 Å². The maximum Gasteiger partial charge on any atom is 0.417 e. The molecule has 36 heavy (non-hydrogen) atoms. The Balaban J connectivity index is 2.38. The first kappa shape index (κ1) is 30.9. The maximum absolute atomic E-state index is 13.8. The number of carbonyl (C=O) groups excluding carboxylic acids is 1. The van der Waals surface area contributed by atoms with Gasteiger partial charge in [0, 0.05) is 12.0 Å². The topological polar surface area (TPSA) is 17.1 Å². The van der Waals surface area contributed by atoms with E-state index in [1.807, 2.05) is 6.92 Å². The molecule has 1 nitrogen and oxygen atoms in total. The SMILES string of the molecule is CCCSC[C@@H](C)CC(=O)c1ccc(/C=C/C(c2cc(Cl)c(Cl)c(Cl)c2)C(F)(F)F)cc1C(F)(F)F. The average Bonchev–Trinajstić information content (AvgIpc) is 2.76. The molecule has 2 rings (SSSR count). The summed E-state index contributed by atoms with van der Waals surface area (Å²) in [4.78, 5) is 12.6. The Bertz CT molecular complexity index is 1080. The van der Waals surface area contributed by atoms with Crippen LogP contribution in [-0.4, -0.2) is 23.5 Å². The lowest BCUT2D eigenvalue weighted by Crippen LogP contribution is -2.19. The largest absolute Gasteiger partial charge is 0.417 e. The van der Waals surface area contributed by atoms with Crippen molar-refractivity contribution >= 4 is 58.4 Å². The van der Waals surface area contributed by atoms with Crippen molar-refractivity contribution in [2.24, 2.45) is 5.92 Å². The maximum atomic E-state index is 13.8. The Morgan fingerprint density at radius 3 is 2.17 bits per heavy atom. The fraction of sp³-hybridized carbons (Fsp3) is 0.400. The smallest absolute Gasteiger partial charge is 0.294 e. The number of benzene rings is 2. The molecule has 0 fully saturated rings. The van der Waals surface area contributed by atoms with Gasteiger partial charge in [0.1, 0.15) is 0 Å². The third-order valence-electron chi connectivity index (χ3n) is 5.13. The minimum atomic E-state index is -4.87. The van der Waals surface area contributed by atoms with E-state index in [-0.39, 0.29) is 38.5 Å². The van der Waals surface area contributed by atoms with E-state index >= 15 is 0 Å². The van der Waals surface area contributed by atoms with Crippen LogP contribution in [0.5, 0.6) is 0 Å². The van der Waals surface area contributed by atoms with Crippen molar-refractivity contribution < 1.29 is 31.1 Å². The van der Waals surface area contributed by atoms with E-state index in [0.29, 0.717) is 17.9 Å². The molecule has 0 heterocycles. The predicted octanol–water partition coefficient (Wildman–Crippen LogP) is 10.4. The molecule has 2 atom stereocenters. The van der Waals surface area contributed by atoms with Crippen LogP contribution < -0.4 is 0 Å². The summed E-state index contributed by atoms with van der Waals surface area (Å²) in [6, 6.07) is 4.87. The third kappa shape index (κ3) is 8.61. The number of allylic oxidation sites excluding steroid dienone is 1. The Morgan fingerprint density at radius 2 is 1.64 bits per heavy atom. The zero-order valence-corrected chi connectivity index (χ0v) is 22.3. The predicted molar refractivity (Wildman–Crippen MR) is 136 cm³/mol. The lowest BCUT2D eigenvalue weighted by Gasteiger charge is -2.19. The van der Waals surface area contributed by atoms with E-state index in [4.69, 9.17) is 34.8 Å². The summed E-state index contributed by atoms with van der Waals surface area (Å²) in [5.74, 6) is -1.47. The third-order valence-corrected chi connectivity index (χ3v) is 7.83. The Morgan fingerprint density at radius 1 is 1.03 bits per heavy atom. The van der Waals surface area contributed by atoms with E-state index in [1.54, 1.807) is 18.7 Å². The molecular weight excluding hydrogens is 569 g/mol. The molecule has 2 aromatic carbocycles. The van der Waals surface area contributed by atoms with Gasteiger partial charge in [-0.15, -0.1) is 0 Å². The van der Waals surface area contributed by atoms with Gasteiger partial charge in [0.25, 0.3) is 0 Å². The molecule has 0 aliphatic carbocycles. The summed E-state index contributed by atoms with van der Waals surface area (Å²) in [6.45, 7) is 3.79. The number of Topliss-reactive ketones (excluding diaryl/α,β-unsaturated/α-hetero) is 1. The van der Waals surface area contributed by atoms with Gasteiger partial charge in [-0.05, 0) is 53.2 Å². The zero-order valence-electron chi connectivity index (χ0n) is 19.2. The lowest BCUT2D eigenvalue weighted by atomic mass is 9.93. The van der Waals surface area contributed by atoms with Crippen LogP contribution in [0.2, 0.25) is 15.1 Å². The van der Waals surface area contributed by atoms with Gasteiger partial charge < -0.3 is 0 Å². The molecule has 198 valence electrons. The second kappa shape index (κ2) is 12.9. The van der Waals surface area contributed by atoms with Crippen molar-refractivity contribution in [3.8, 4) is 0 Å². The van der Waals surface area contributed by atoms with Crippen LogP contribution in [0.3, 0.4) is 0 Å². The molecule has 0 amide bonds. The highest BCUT2D eigenvalue weighted by atomic mass is 35.5. The van der Waals surface area contributed by atoms with Gasteiger partial charge >= 0.3 is 12.4 Å². The number of alkyl halides is 6. The quantitative estimate of drug-likeness (QED) is 0.118. The molecule has 0 radical (unpaired) electrons. The van der Waals surface area contributed by atoms with E-state index in [2.05, 4.69) is 0 Å². The average molecular weight is 592 g/mol. The molecule has 0 aliphatic rings. The van der Waals surface area contributed by atoms with Crippen LogP contribution in [0.15, 0.2) is 36.4 Å². The van der Waals surface area contributed by atoms with Gasteiger partial charge in [0.2, 0.25) is 0 Å². The monoisotopic (exact) mass is 590 g/mol. The first-order chi connectivity index (χ1) is 16.6. The minimum Gasteiger partial charge on any atom is -0.294 e. The number of hydrogen-bond donors (Lipinski definition) is 0. The molecule has 1 unspecified atom stereocenters. The summed E-state index contributed by atoms with van der Waals surface area (Å²) < 4.78 is 82.5. The summed E-state index contributed by atoms with van der Waals surface area (Å²) in [5, 5.41) is -0.488. The van der Waals surface area contributed by atoms with Crippen molar-refractivity contribution in [3.63, 3.8) is 0 Å². The normalized spacial score (nSPS) is 14.3. The fourth-order valence-electron chi connectivity index (χ4n) is 3.43. The summed E-state index contributed by atoms with van der Waals surface area (Å²) in [7, 11) is 0. The molecule has 11 heteroatoms. The van der Waals surface area contributed by atoms with Crippen molar-refractivity contribution in [1.82, 2.24) is 0 Å². The second-order valence-corrected chi connectivity index (χ2v) is 10.6. The molecule has 0 bridgehead atoms. The molecule has 0 N–H and O–H groups in total. The Kier molecular flexibility index (Phi) is 11.1. The first-order valence-electron chi connectivity index (χ1n) is 10.9. The standard InChI is InChI=1S/C25H23Cl3F6OS/c1-3-8-36-13-14(2)9-22(35)17-6-4-15(10-19(17)25(32,33)34)5-7-18(24(29,30)31)16-11-20(26)23(28)21(27)12-16/h4-7,10-12,14,18H,3,8-9,13H2,1-2H3/b7-5+/t14-,18?/m0/s1. The van der Waals surface area contributed by atoms with Gasteiger partial charge in [0.15, 0.2) is 5.78 Å². The van der Waals surface area contributed by atoms with Gasteiger partial charge in [-0.2, -0.15) is 38.1 Å². The van der Waals surface area contributed by atoms with Gasteiger partial charge in [-0.1, -0.05) is 72.9 Å². The highest BCUT2D eigenvalue weighted by molar-refractivity contribution is 7.99. The molecule has 0 aliphatic heterocycles. The van der Waals surface area contributed by atoms with Crippen LogP contribution in [0, 0.1) is 5.92 Å². The molecule has 0 saturated heterocycles. The number of ketones is 1. The van der Waals surface area contributed by atoms with Crippen molar-refractivity contribution in [2.75, 3.05) is 11.5 Å². The van der Waals surface area contributed by atoms with E-state index in [9.17, 15) is 31.1 Å². The summed E-state index contributed by atoms with van der Waals surface area (Å²) in [5.41, 5.74) is -2.17. The van der Waals surface area contributed by atoms with Crippen LogP contribution in [-0.2, 0) is 6.18 Å². The zero-order chi connectivity index (χ0) is 27.3. The van der Waals surface area contributed by atoms with E-state index in [1.165, 1.54) is 6.07 Å². The summed E-state index contributed by atoms with van der Waals surface area (Å²) in [6.07, 6.45) is -7.14. The Hall–Kier alpha value is -1.35. The number of rotatable bonds is 10.